The predicted octanol–water partition coefficient (Wildman–Crippen LogP) is 1.63. The van der Waals surface area contributed by atoms with Crippen molar-refractivity contribution in [1.82, 2.24) is 0 Å². The van der Waals surface area contributed by atoms with E-state index >= 15 is 0 Å². The molecule has 1 N–H and O–H groups in total. The smallest absolute Gasteiger partial charge is 0.161 e. The lowest BCUT2D eigenvalue weighted by Crippen LogP contribution is -2.15. The Kier molecular flexibility index (Phi) is 3.57. The van der Waals surface area contributed by atoms with E-state index in [0.717, 1.165) is 18.4 Å². The topological polar surface area (TPSA) is 38.7 Å². The highest BCUT2D eigenvalue weighted by Crippen LogP contribution is 2.29. The molecule has 1 heterocycles. The number of ether oxygens (including phenoxy) is 2. The molecule has 1 aliphatic heterocycles. The van der Waals surface area contributed by atoms with Gasteiger partial charge in [-0.1, -0.05) is 24.6 Å². The van der Waals surface area contributed by atoms with Crippen LogP contribution < -0.4 is 0 Å². The number of hydrogen-bond donors (Lipinski definition) is 1. The van der Waals surface area contributed by atoms with E-state index in [9.17, 15) is 0 Å². The highest BCUT2D eigenvalue weighted by atomic mass is 16.7. The summed E-state index contributed by atoms with van der Waals surface area (Å²) in [5.74, 6) is 0.491. The Bertz CT molecular complexity index is 275. The van der Waals surface area contributed by atoms with Gasteiger partial charge in [-0.15, -0.1) is 0 Å². The van der Waals surface area contributed by atoms with E-state index in [0.29, 0.717) is 19.1 Å². The number of rotatable bonds is 3. The summed E-state index contributed by atoms with van der Waals surface area (Å²) in [6.45, 7) is 3.78. The zero-order valence-corrected chi connectivity index (χ0v) is 9.11. The largest absolute Gasteiger partial charge is 0.392 e. The first-order valence-electron chi connectivity index (χ1n) is 5.52. The molecule has 3 heteroatoms. The molecule has 2 aliphatic rings. The Balaban J connectivity index is 1.95. The van der Waals surface area contributed by atoms with Crippen molar-refractivity contribution in [2.45, 2.75) is 26.1 Å². The fourth-order valence-corrected chi connectivity index (χ4v) is 2.09. The van der Waals surface area contributed by atoms with Gasteiger partial charge in [-0.25, -0.2) is 0 Å². The van der Waals surface area contributed by atoms with Crippen molar-refractivity contribution in [1.29, 1.82) is 0 Å². The summed E-state index contributed by atoms with van der Waals surface area (Å²) in [6, 6.07) is 0. The van der Waals surface area contributed by atoms with Crippen molar-refractivity contribution in [3.05, 3.63) is 23.3 Å². The Morgan fingerprint density at radius 2 is 2.07 bits per heavy atom. The van der Waals surface area contributed by atoms with Crippen molar-refractivity contribution in [3.8, 4) is 0 Å². The summed E-state index contributed by atoms with van der Waals surface area (Å²) in [4.78, 5) is 0. The van der Waals surface area contributed by atoms with E-state index in [4.69, 9.17) is 14.6 Å². The van der Waals surface area contributed by atoms with Gasteiger partial charge in [0.05, 0.1) is 19.8 Å². The van der Waals surface area contributed by atoms with Gasteiger partial charge < -0.3 is 14.6 Å². The van der Waals surface area contributed by atoms with E-state index in [1.54, 1.807) is 0 Å². The summed E-state index contributed by atoms with van der Waals surface area (Å²) >= 11 is 0. The van der Waals surface area contributed by atoms with Crippen LogP contribution in [0.1, 0.15) is 19.8 Å². The van der Waals surface area contributed by atoms with Crippen LogP contribution in [-0.2, 0) is 9.47 Å². The van der Waals surface area contributed by atoms with Crippen LogP contribution in [0.3, 0.4) is 0 Å². The molecule has 1 saturated heterocycles. The minimum atomic E-state index is -0.0530. The Morgan fingerprint density at radius 1 is 1.33 bits per heavy atom. The Labute approximate surface area is 90.4 Å². The van der Waals surface area contributed by atoms with Gasteiger partial charge in [0.2, 0.25) is 0 Å². The zero-order chi connectivity index (χ0) is 10.7. The minimum Gasteiger partial charge on any atom is -0.392 e. The van der Waals surface area contributed by atoms with Crippen LogP contribution in [0.5, 0.6) is 0 Å². The highest BCUT2D eigenvalue weighted by Gasteiger charge is 2.22. The van der Waals surface area contributed by atoms with Crippen LogP contribution >= 0.6 is 0 Å². The van der Waals surface area contributed by atoms with Gasteiger partial charge in [0, 0.05) is 6.42 Å². The Morgan fingerprint density at radius 3 is 2.67 bits per heavy atom. The molecule has 0 aromatic rings. The molecule has 0 amide bonds. The van der Waals surface area contributed by atoms with Crippen LogP contribution in [0, 0.1) is 5.92 Å². The third kappa shape index (κ3) is 2.68. The number of aliphatic hydroxyl groups is 1. The summed E-state index contributed by atoms with van der Waals surface area (Å²) in [7, 11) is 0. The van der Waals surface area contributed by atoms with E-state index in [-0.39, 0.29) is 12.9 Å². The fourth-order valence-electron chi connectivity index (χ4n) is 2.09. The van der Waals surface area contributed by atoms with E-state index in [1.165, 1.54) is 5.57 Å². The molecule has 84 valence electrons. The van der Waals surface area contributed by atoms with Gasteiger partial charge in [-0.3, -0.25) is 0 Å². The minimum absolute atomic E-state index is 0.0530. The molecular weight excluding hydrogens is 192 g/mol. The first kappa shape index (κ1) is 10.9. The van der Waals surface area contributed by atoms with Crippen LogP contribution in [0.2, 0.25) is 0 Å². The second-order valence-corrected chi connectivity index (χ2v) is 4.21. The molecule has 1 unspecified atom stereocenters. The zero-order valence-electron chi connectivity index (χ0n) is 9.11. The van der Waals surface area contributed by atoms with Crippen molar-refractivity contribution >= 4 is 0 Å². The van der Waals surface area contributed by atoms with Crippen LogP contribution in [0.25, 0.3) is 0 Å². The molecule has 0 aromatic heterocycles. The van der Waals surface area contributed by atoms with Crippen molar-refractivity contribution in [2.24, 2.45) is 5.92 Å². The summed E-state index contributed by atoms with van der Waals surface area (Å²) in [5.41, 5.74) is 2.47. The summed E-state index contributed by atoms with van der Waals surface area (Å²) in [5, 5.41) is 9.03. The van der Waals surface area contributed by atoms with Gasteiger partial charge in [0.1, 0.15) is 0 Å². The van der Waals surface area contributed by atoms with E-state index in [2.05, 4.69) is 13.0 Å². The lowest BCUT2D eigenvalue weighted by Gasteiger charge is -2.22. The fraction of sp³-hybridized carbons (Fsp3) is 0.667. The van der Waals surface area contributed by atoms with Gasteiger partial charge in [0.15, 0.2) is 6.29 Å². The molecule has 1 atom stereocenters. The molecule has 0 saturated carbocycles. The quantitative estimate of drug-likeness (QED) is 0.769. The molecule has 0 aromatic carbocycles. The summed E-state index contributed by atoms with van der Waals surface area (Å²) in [6.07, 6.45) is 5.88. The van der Waals surface area contributed by atoms with Crippen molar-refractivity contribution < 1.29 is 14.6 Å². The SMILES string of the molecule is CC1CC(CO)=CC=C1CC1OCCO1. The Hall–Kier alpha value is -0.640. The maximum Gasteiger partial charge on any atom is 0.161 e. The highest BCUT2D eigenvalue weighted by molar-refractivity contribution is 5.26. The van der Waals surface area contributed by atoms with Gasteiger partial charge in [-0.2, -0.15) is 0 Å². The summed E-state index contributed by atoms with van der Waals surface area (Å²) < 4.78 is 10.8. The first-order valence-corrected chi connectivity index (χ1v) is 5.52. The molecule has 0 spiro atoms. The van der Waals surface area contributed by atoms with Crippen LogP contribution in [0.15, 0.2) is 23.3 Å². The number of allylic oxidation sites excluding steroid dienone is 2. The van der Waals surface area contributed by atoms with Gasteiger partial charge >= 0.3 is 0 Å². The molecule has 1 aliphatic carbocycles. The second kappa shape index (κ2) is 4.92. The van der Waals surface area contributed by atoms with E-state index in [1.807, 2.05) is 6.08 Å². The molecule has 0 bridgehead atoms. The molecule has 3 nitrogen and oxygen atoms in total. The maximum absolute atomic E-state index is 9.03. The number of hydrogen-bond acceptors (Lipinski definition) is 3. The monoisotopic (exact) mass is 210 g/mol. The lowest BCUT2D eigenvalue weighted by molar-refractivity contribution is -0.0412. The van der Waals surface area contributed by atoms with Crippen LogP contribution in [-0.4, -0.2) is 31.2 Å². The molecule has 1 fully saturated rings. The first-order chi connectivity index (χ1) is 7.29. The lowest BCUT2D eigenvalue weighted by atomic mass is 9.87. The molecule has 2 rings (SSSR count). The van der Waals surface area contributed by atoms with E-state index < -0.39 is 0 Å². The predicted molar refractivity (Wildman–Crippen MR) is 57.3 cm³/mol. The van der Waals surface area contributed by atoms with Gasteiger partial charge in [-0.05, 0) is 17.9 Å². The third-order valence-electron chi connectivity index (χ3n) is 3.03. The second-order valence-electron chi connectivity index (χ2n) is 4.21. The molecule has 15 heavy (non-hydrogen) atoms. The van der Waals surface area contributed by atoms with Crippen LogP contribution in [0.4, 0.5) is 0 Å². The normalized spacial score (nSPS) is 27.7. The third-order valence-corrected chi connectivity index (χ3v) is 3.03. The standard InChI is InChI=1S/C12H18O3/c1-9-6-10(8-13)2-3-11(9)7-12-14-4-5-15-12/h2-3,9,12-13H,4-8H2,1H3. The van der Waals surface area contributed by atoms with Crippen molar-refractivity contribution in [2.75, 3.05) is 19.8 Å². The molecule has 0 radical (unpaired) electrons. The van der Waals surface area contributed by atoms with Crippen molar-refractivity contribution in [3.63, 3.8) is 0 Å². The molecular formula is C12H18O3. The van der Waals surface area contributed by atoms with Gasteiger partial charge in [0.25, 0.3) is 0 Å². The average molecular weight is 210 g/mol. The maximum atomic E-state index is 9.03. The number of aliphatic hydroxyl groups excluding tert-OH is 1. The average Bonchev–Trinajstić information content (AvgIpc) is 2.74.